The molecule has 0 heterocycles. The Labute approximate surface area is 247 Å². The van der Waals surface area contributed by atoms with E-state index in [0.29, 0.717) is 0 Å². The van der Waals surface area contributed by atoms with E-state index < -0.39 is 0 Å². The van der Waals surface area contributed by atoms with Crippen molar-refractivity contribution in [2.24, 2.45) is 0 Å². The molecule has 40 heavy (non-hydrogen) atoms. The SMILES string of the molecule is CC.CC.CC.CC.Cc1cc(C)cc(C2(C)CC(c3ccccc3)(c3cc(C)cc(C)c3)c3ccccc32)c1. The van der Waals surface area contributed by atoms with Gasteiger partial charge in [-0.05, 0) is 61.9 Å². The maximum absolute atomic E-state index is 2.45. The summed E-state index contributed by atoms with van der Waals surface area (Å²) in [5.41, 5.74) is 12.2. The van der Waals surface area contributed by atoms with Gasteiger partial charge in [-0.1, -0.05) is 176 Å². The summed E-state index contributed by atoms with van der Waals surface area (Å²) in [7, 11) is 0. The molecule has 0 saturated carbocycles. The molecule has 0 saturated heterocycles. The van der Waals surface area contributed by atoms with Gasteiger partial charge in [0.1, 0.15) is 0 Å². The van der Waals surface area contributed by atoms with Gasteiger partial charge in [-0.15, -0.1) is 0 Å². The third kappa shape index (κ3) is 6.95. The highest BCUT2D eigenvalue weighted by Crippen LogP contribution is 2.58. The molecule has 0 N–H and O–H groups in total. The fraction of sp³-hybridized carbons (Fsp3) is 0.400. The van der Waals surface area contributed by atoms with Crippen LogP contribution in [0.25, 0.3) is 0 Å². The normalized spacial score (nSPS) is 18.2. The summed E-state index contributed by atoms with van der Waals surface area (Å²) in [4.78, 5) is 0. The molecule has 1 aliphatic rings. The van der Waals surface area contributed by atoms with Gasteiger partial charge < -0.3 is 0 Å². The van der Waals surface area contributed by atoms with Crippen LogP contribution in [-0.2, 0) is 10.8 Å². The molecular formula is C40H56. The van der Waals surface area contributed by atoms with Crippen molar-refractivity contribution in [3.05, 3.63) is 141 Å². The van der Waals surface area contributed by atoms with Crippen LogP contribution in [0.4, 0.5) is 0 Å². The van der Waals surface area contributed by atoms with Crippen LogP contribution in [0.1, 0.15) is 119 Å². The molecule has 216 valence electrons. The zero-order valence-corrected chi connectivity index (χ0v) is 27.9. The molecule has 0 aromatic heterocycles. The molecular weight excluding hydrogens is 480 g/mol. The van der Waals surface area contributed by atoms with Gasteiger partial charge >= 0.3 is 0 Å². The van der Waals surface area contributed by atoms with Gasteiger partial charge in [-0.3, -0.25) is 0 Å². The Morgan fingerprint density at radius 2 is 0.800 bits per heavy atom. The van der Waals surface area contributed by atoms with Gasteiger partial charge in [0.2, 0.25) is 0 Å². The fourth-order valence-electron chi connectivity index (χ4n) is 6.23. The Morgan fingerprint density at radius 1 is 0.425 bits per heavy atom. The average Bonchev–Trinajstić information content (AvgIpc) is 3.28. The van der Waals surface area contributed by atoms with Gasteiger partial charge in [0.15, 0.2) is 0 Å². The highest BCUT2D eigenvalue weighted by molar-refractivity contribution is 5.63. The smallest absolute Gasteiger partial charge is 0.0466 e. The van der Waals surface area contributed by atoms with Gasteiger partial charge in [-0.2, -0.15) is 0 Å². The minimum atomic E-state index is -0.180. The Hall–Kier alpha value is -3.12. The molecule has 0 nitrogen and oxygen atoms in total. The van der Waals surface area contributed by atoms with Crippen molar-refractivity contribution in [3.8, 4) is 0 Å². The maximum Gasteiger partial charge on any atom is 0.0466 e. The van der Waals surface area contributed by atoms with Crippen LogP contribution in [0, 0.1) is 27.7 Å². The number of aryl methyl sites for hydroxylation is 4. The standard InChI is InChI=1S/C32H32.4C2H6/c1-22-15-23(2)18-27(17-22)31(5)21-32(26-11-7-6-8-12-26,30-14-10-9-13-29(30)31)28-19-24(3)16-25(4)20-28;4*1-2/h6-20H,21H2,1-5H3;4*1-2H3. The number of fused-ring (bicyclic) bond motifs is 1. The van der Waals surface area contributed by atoms with E-state index in [2.05, 4.69) is 126 Å². The fourth-order valence-corrected chi connectivity index (χ4v) is 6.23. The minimum absolute atomic E-state index is 0.0686. The summed E-state index contributed by atoms with van der Waals surface area (Å²) >= 11 is 0. The number of benzene rings is 4. The maximum atomic E-state index is 2.45. The minimum Gasteiger partial charge on any atom is -0.0683 e. The predicted octanol–water partition coefficient (Wildman–Crippen LogP) is 12.1. The first kappa shape index (κ1) is 34.9. The first-order chi connectivity index (χ1) is 19.3. The third-order valence-electron chi connectivity index (χ3n) is 7.44. The topological polar surface area (TPSA) is 0 Å². The van der Waals surface area contributed by atoms with E-state index in [-0.39, 0.29) is 10.8 Å². The molecule has 0 fully saturated rings. The van der Waals surface area contributed by atoms with Crippen molar-refractivity contribution in [2.75, 3.05) is 0 Å². The van der Waals surface area contributed by atoms with E-state index in [1.807, 2.05) is 55.4 Å². The highest BCUT2D eigenvalue weighted by Gasteiger charge is 2.52. The Balaban J connectivity index is 0.000000921. The van der Waals surface area contributed by atoms with Crippen LogP contribution in [-0.4, -0.2) is 0 Å². The average molecular weight is 537 g/mol. The van der Waals surface area contributed by atoms with E-state index in [4.69, 9.17) is 0 Å². The second-order valence-electron chi connectivity index (χ2n) is 10.1. The van der Waals surface area contributed by atoms with Crippen LogP contribution < -0.4 is 0 Å². The molecule has 2 unspecified atom stereocenters. The first-order valence-corrected chi connectivity index (χ1v) is 15.7. The largest absolute Gasteiger partial charge is 0.0683 e. The summed E-state index contributed by atoms with van der Waals surface area (Å²) in [6.07, 6.45) is 1.02. The predicted molar refractivity (Wildman–Crippen MR) is 181 cm³/mol. The van der Waals surface area contributed by atoms with Crippen molar-refractivity contribution in [3.63, 3.8) is 0 Å². The quantitative estimate of drug-likeness (QED) is 0.244. The molecule has 0 amide bonds. The van der Waals surface area contributed by atoms with Crippen molar-refractivity contribution in [1.29, 1.82) is 0 Å². The molecule has 4 aromatic carbocycles. The third-order valence-corrected chi connectivity index (χ3v) is 7.44. The zero-order chi connectivity index (χ0) is 30.5. The van der Waals surface area contributed by atoms with Crippen molar-refractivity contribution < 1.29 is 0 Å². The molecule has 1 aliphatic carbocycles. The lowest BCUT2D eigenvalue weighted by Gasteiger charge is -2.35. The molecule has 0 aliphatic heterocycles. The Morgan fingerprint density at radius 3 is 1.25 bits per heavy atom. The highest BCUT2D eigenvalue weighted by atomic mass is 14.5. The summed E-state index contributed by atoms with van der Waals surface area (Å²) in [6, 6.07) is 34.5. The zero-order valence-electron chi connectivity index (χ0n) is 27.9. The number of hydrogen-bond donors (Lipinski definition) is 0. The van der Waals surface area contributed by atoms with E-state index in [1.165, 1.54) is 50.1 Å². The molecule has 0 heteroatoms. The lowest BCUT2D eigenvalue weighted by Crippen LogP contribution is -2.30. The van der Waals surface area contributed by atoms with Crippen molar-refractivity contribution in [1.82, 2.24) is 0 Å². The van der Waals surface area contributed by atoms with E-state index in [9.17, 15) is 0 Å². The second kappa shape index (κ2) is 16.2. The van der Waals surface area contributed by atoms with E-state index in [1.54, 1.807) is 0 Å². The van der Waals surface area contributed by atoms with Gasteiger partial charge in [0.05, 0.1) is 0 Å². The monoisotopic (exact) mass is 536 g/mol. The van der Waals surface area contributed by atoms with Crippen LogP contribution >= 0.6 is 0 Å². The number of hydrogen-bond acceptors (Lipinski definition) is 0. The van der Waals surface area contributed by atoms with Crippen molar-refractivity contribution >= 4 is 0 Å². The lowest BCUT2D eigenvalue weighted by molar-refractivity contribution is 0.472. The molecule has 5 rings (SSSR count). The molecule has 0 spiro atoms. The van der Waals surface area contributed by atoms with Crippen LogP contribution in [0.5, 0.6) is 0 Å². The Kier molecular flexibility index (Phi) is 14.2. The van der Waals surface area contributed by atoms with E-state index >= 15 is 0 Å². The summed E-state index contributed by atoms with van der Waals surface area (Å²) in [6.45, 7) is 27.3. The summed E-state index contributed by atoms with van der Waals surface area (Å²) in [5.74, 6) is 0. The molecule has 2 atom stereocenters. The first-order valence-electron chi connectivity index (χ1n) is 15.7. The van der Waals surface area contributed by atoms with Crippen molar-refractivity contribution in [2.45, 2.75) is 107 Å². The summed E-state index contributed by atoms with van der Waals surface area (Å²) < 4.78 is 0. The Bertz CT molecular complexity index is 1260. The van der Waals surface area contributed by atoms with Gasteiger partial charge in [0.25, 0.3) is 0 Å². The lowest BCUT2D eigenvalue weighted by atomic mass is 9.66. The molecule has 0 radical (unpaired) electrons. The molecule has 4 aromatic rings. The van der Waals surface area contributed by atoms with Crippen LogP contribution in [0.15, 0.2) is 91.0 Å². The summed E-state index contributed by atoms with van der Waals surface area (Å²) in [5, 5.41) is 0. The number of rotatable bonds is 3. The van der Waals surface area contributed by atoms with Crippen LogP contribution in [0.3, 0.4) is 0 Å². The van der Waals surface area contributed by atoms with Crippen LogP contribution in [0.2, 0.25) is 0 Å². The van der Waals surface area contributed by atoms with Gasteiger partial charge in [0, 0.05) is 10.8 Å². The van der Waals surface area contributed by atoms with Gasteiger partial charge in [-0.25, -0.2) is 0 Å². The second-order valence-corrected chi connectivity index (χ2v) is 10.1. The van der Waals surface area contributed by atoms with E-state index in [0.717, 1.165) is 6.42 Å². The molecule has 0 bridgehead atoms.